The predicted molar refractivity (Wildman–Crippen MR) is 164 cm³/mol. The summed E-state index contributed by atoms with van der Waals surface area (Å²) in [6.07, 6.45) is 3.57. The van der Waals surface area contributed by atoms with E-state index in [-0.39, 0.29) is 22.1 Å². The van der Waals surface area contributed by atoms with Crippen LogP contribution in [0, 0.1) is 0 Å². The van der Waals surface area contributed by atoms with Crippen LogP contribution in [0.5, 0.6) is 0 Å². The number of rotatable bonds is 10. The minimum absolute atomic E-state index is 0.00636. The molecule has 2 N–H and O–H groups in total. The average molecular weight is 562 g/mol. The van der Waals surface area contributed by atoms with E-state index in [0.717, 1.165) is 42.5 Å². The van der Waals surface area contributed by atoms with Crippen molar-refractivity contribution in [1.29, 1.82) is 0 Å². The van der Waals surface area contributed by atoms with Crippen LogP contribution in [0.25, 0.3) is 22.3 Å². The second kappa shape index (κ2) is 11.5. The Labute approximate surface area is 240 Å². The number of benzene rings is 3. The van der Waals surface area contributed by atoms with Crippen molar-refractivity contribution in [1.82, 2.24) is 5.32 Å². The summed E-state index contributed by atoms with van der Waals surface area (Å²) in [5.74, 6) is -0.882. The number of sulfone groups is 1. The fraction of sp³-hybridized carbons (Fsp3) is 0.441. The second-order valence-corrected chi connectivity index (χ2v) is 14.8. The van der Waals surface area contributed by atoms with Crippen LogP contribution in [0.4, 0.5) is 0 Å². The van der Waals surface area contributed by atoms with Crippen molar-refractivity contribution in [3.05, 3.63) is 77.4 Å². The molecule has 0 aliphatic heterocycles. The van der Waals surface area contributed by atoms with Crippen LogP contribution < -0.4 is 5.32 Å². The number of carboxylic acid groups (broad SMARTS) is 1. The van der Waals surface area contributed by atoms with Gasteiger partial charge in [-0.3, -0.25) is 0 Å². The Kier molecular flexibility index (Phi) is 8.63. The largest absolute Gasteiger partial charge is 0.478 e. The molecule has 1 aliphatic carbocycles. The SMILES string of the molecule is CC(C)NCCCCS(=O)(=O)c1ccc(-c2ccc(C(=O)O)cc2)cc1-c1ccc2c(c1)C(C)(C)CCC2(C)C. The van der Waals surface area contributed by atoms with Crippen molar-refractivity contribution in [3.63, 3.8) is 0 Å². The van der Waals surface area contributed by atoms with Gasteiger partial charge in [0, 0.05) is 11.6 Å². The van der Waals surface area contributed by atoms with Crippen LogP contribution in [-0.2, 0) is 20.7 Å². The fourth-order valence-electron chi connectivity index (χ4n) is 5.69. The van der Waals surface area contributed by atoms with E-state index in [1.54, 1.807) is 30.3 Å². The van der Waals surface area contributed by atoms with Crippen LogP contribution in [0.3, 0.4) is 0 Å². The lowest BCUT2D eigenvalue weighted by Gasteiger charge is -2.42. The lowest BCUT2D eigenvalue weighted by molar-refractivity contribution is 0.0697. The third-order valence-corrected chi connectivity index (χ3v) is 10.2. The topological polar surface area (TPSA) is 83.5 Å². The van der Waals surface area contributed by atoms with Gasteiger partial charge in [0.25, 0.3) is 0 Å². The molecular weight excluding hydrogens is 518 g/mol. The maximum atomic E-state index is 13.7. The Morgan fingerprint density at radius 1 is 0.825 bits per heavy atom. The average Bonchev–Trinajstić information content (AvgIpc) is 2.90. The van der Waals surface area contributed by atoms with E-state index in [1.807, 2.05) is 12.1 Å². The third kappa shape index (κ3) is 6.50. The molecule has 4 rings (SSSR count). The van der Waals surface area contributed by atoms with Crippen molar-refractivity contribution < 1.29 is 18.3 Å². The Balaban J connectivity index is 1.80. The first-order valence-electron chi connectivity index (χ1n) is 14.3. The van der Waals surface area contributed by atoms with Gasteiger partial charge >= 0.3 is 5.97 Å². The number of carbonyl (C=O) groups is 1. The second-order valence-electron chi connectivity index (χ2n) is 12.8. The molecular formula is C34H43NO4S. The van der Waals surface area contributed by atoms with Crippen molar-refractivity contribution in [2.45, 2.75) is 89.0 Å². The highest BCUT2D eigenvalue weighted by atomic mass is 32.2. The molecule has 3 aromatic carbocycles. The van der Waals surface area contributed by atoms with Crippen molar-refractivity contribution in [3.8, 4) is 22.3 Å². The van der Waals surface area contributed by atoms with Crippen molar-refractivity contribution in [2.24, 2.45) is 0 Å². The van der Waals surface area contributed by atoms with Crippen LogP contribution >= 0.6 is 0 Å². The summed E-state index contributed by atoms with van der Waals surface area (Å²) in [5.41, 5.74) is 6.17. The Morgan fingerprint density at radius 2 is 1.43 bits per heavy atom. The van der Waals surface area contributed by atoms with E-state index in [0.29, 0.717) is 22.9 Å². The molecule has 0 aromatic heterocycles. The Hall–Kier alpha value is -2.96. The normalized spacial score (nSPS) is 16.1. The van der Waals surface area contributed by atoms with Gasteiger partial charge in [-0.1, -0.05) is 77.9 Å². The molecule has 3 aromatic rings. The van der Waals surface area contributed by atoms with E-state index in [9.17, 15) is 18.3 Å². The molecule has 0 atom stereocenters. The molecule has 0 amide bonds. The maximum Gasteiger partial charge on any atom is 0.335 e. The molecule has 6 heteroatoms. The standard InChI is InChI=1S/C34H43NO4S/c1-23(2)35-19-7-8-20-40(38,39)31-16-14-26(24-9-11-25(12-10-24)32(36)37)21-28(31)27-13-15-29-30(22-27)34(5,6)18-17-33(29,3)4/h9-16,21-23,35H,7-8,17-20H2,1-6H3,(H,36,37). The van der Waals surface area contributed by atoms with E-state index in [2.05, 4.69) is 65.1 Å². The zero-order chi connectivity index (χ0) is 29.3. The summed E-state index contributed by atoms with van der Waals surface area (Å²) in [5, 5.41) is 12.7. The Bertz CT molecular complexity index is 1480. The highest BCUT2D eigenvalue weighted by Crippen LogP contribution is 2.47. The first-order valence-corrected chi connectivity index (χ1v) is 16.0. The molecule has 0 fully saturated rings. The monoisotopic (exact) mass is 561 g/mol. The van der Waals surface area contributed by atoms with E-state index >= 15 is 0 Å². The lowest BCUT2D eigenvalue weighted by atomic mass is 9.63. The molecule has 0 heterocycles. The predicted octanol–water partition coefficient (Wildman–Crippen LogP) is 7.62. The zero-order valence-electron chi connectivity index (χ0n) is 24.7. The summed E-state index contributed by atoms with van der Waals surface area (Å²) in [4.78, 5) is 11.7. The smallest absolute Gasteiger partial charge is 0.335 e. The van der Waals surface area contributed by atoms with E-state index in [4.69, 9.17) is 0 Å². The van der Waals surface area contributed by atoms with Crippen molar-refractivity contribution >= 4 is 15.8 Å². The van der Waals surface area contributed by atoms with Gasteiger partial charge < -0.3 is 10.4 Å². The number of fused-ring (bicyclic) bond motifs is 1. The van der Waals surface area contributed by atoms with Gasteiger partial charge in [-0.15, -0.1) is 0 Å². The van der Waals surface area contributed by atoms with Crippen LogP contribution in [0.2, 0.25) is 0 Å². The van der Waals surface area contributed by atoms with E-state index < -0.39 is 15.8 Å². The highest BCUT2D eigenvalue weighted by Gasteiger charge is 2.37. The minimum Gasteiger partial charge on any atom is -0.478 e. The zero-order valence-corrected chi connectivity index (χ0v) is 25.5. The molecule has 0 unspecified atom stereocenters. The first-order chi connectivity index (χ1) is 18.7. The van der Waals surface area contributed by atoms with Gasteiger partial charge in [0.2, 0.25) is 0 Å². The van der Waals surface area contributed by atoms with Gasteiger partial charge in [0.05, 0.1) is 16.2 Å². The Morgan fingerprint density at radius 3 is 2.05 bits per heavy atom. The van der Waals surface area contributed by atoms with Crippen LogP contribution in [0.15, 0.2) is 65.6 Å². The van der Waals surface area contributed by atoms with Gasteiger partial charge in [-0.05, 0) is 95.1 Å². The minimum atomic E-state index is -3.54. The van der Waals surface area contributed by atoms with Gasteiger partial charge in [0.15, 0.2) is 9.84 Å². The number of nitrogens with one attached hydrogen (secondary N) is 1. The summed E-state index contributed by atoms with van der Waals surface area (Å²) >= 11 is 0. The summed E-state index contributed by atoms with van der Waals surface area (Å²) in [6.45, 7) is 14.1. The molecule has 0 bridgehead atoms. The summed E-state index contributed by atoms with van der Waals surface area (Å²) in [7, 11) is -3.54. The molecule has 214 valence electrons. The summed E-state index contributed by atoms with van der Waals surface area (Å²) < 4.78 is 27.4. The van der Waals surface area contributed by atoms with E-state index in [1.165, 1.54) is 11.1 Å². The lowest BCUT2D eigenvalue weighted by Crippen LogP contribution is -2.33. The molecule has 0 saturated heterocycles. The molecule has 0 saturated carbocycles. The fourth-order valence-corrected chi connectivity index (χ4v) is 7.28. The van der Waals surface area contributed by atoms with Gasteiger partial charge in [-0.25, -0.2) is 13.2 Å². The number of unbranched alkanes of at least 4 members (excludes halogenated alkanes) is 1. The molecule has 5 nitrogen and oxygen atoms in total. The number of carboxylic acids is 1. The number of aromatic carboxylic acids is 1. The molecule has 40 heavy (non-hydrogen) atoms. The molecule has 0 radical (unpaired) electrons. The summed E-state index contributed by atoms with van der Waals surface area (Å²) in [6, 6.07) is 19.1. The van der Waals surface area contributed by atoms with Gasteiger partial charge in [-0.2, -0.15) is 0 Å². The van der Waals surface area contributed by atoms with Crippen LogP contribution in [0.1, 0.15) is 88.7 Å². The number of hydrogen-bond acceptors (Lipinski definition) is 4. The first kappa shape index (κ1) is 30.0. The van der Waals surface area contributed by atoms with Crippen LogP contribution in [-0.4, -0.2) is 37.8 Å². The van der Waals surface area contributed by atoms with Gasteiger partial charge in [0.1, 0.15) is 0 Å². The maximum absolute atomic E-state index is 13.7. The third-order valence-electron chi connectivity index (χ3n) is 8.34. The molecule has 1 aliphatic rings. The quantitative estimate of drug-likeness (QED) is 0.249. The highest BCUT2D eigenvalue weighted by molar-refractivity contribution is 7.91. The molecule has 0 spiro atoms. The number of hydrogen-bond donors (Lipinski definition) is 2. The van der Waals surface area contributed by atoms with Crippen molar-refractivity contribution in [2.75, 3.05) is 12.3 Å².